The molecule has 0 saturated carbocycles. The van der Waals surface area contributed by atoms with Crippen molar-refractivity contribution in [3.8, 4) is 0 Å². The minimum atomic E-state index is 0.262. The van der Waals surface area contributed by atoms with Crippen LogP contribution in [-0.2, 0) is 10.8 Å². The van der Waals surface area contributed by atoms with Gasteiger partial charge in [-0.1, -0.05) is 64.1 Å². The Labute approximate surface area is 154 Å². The molecule has 0 aliphatic heterocycles. The molecule has 0 saturated heterocycles. The first-order chi connectivity index (χ1) is 10.7. The van der Waals surface area contributed by atoms with E-state index < -0.39 is 0 Å². The highest BCUT2D eigenvalue weighted by molar-refractivity contribution is 14.1. The molecule has 0 nitrogen and oxygen atoms in total. The molecule has 0 aromatic heterocycles. The Morgan fingerprint density at radius 2 is 1.52 bits per heavy atom. The molecular weight excluding hydrogens is 391 g/mol. The van der Waals surface area contributed by atoms with Gasteiger partial charge in [-0.2, -0.15) is 0 Å². The molecule has 1 aliphatic carbocycles. The van der Waals surface area contributed by atoms with E-state index >= 15 is 0 Å². The molecule has 1 aliphatic rings. The third-order valence-electron chi connectivity index (χ3n) is 5.07. The molecule has 1 heteroatoms. The molecule has 0 unspecified atom stereocenters. The SMILES string of the molecule is C/C(=C\c1ccc(I)cc1)c1ccc2c(c1)C(C)(C)CC2(C)C. The molecule has 2 aromatic rings. The fourth-order valence-electron chi connectivity index (χ4n) is 4.13. The number of fused-ring (bicyclic) bond motifs is 1. The van der Waals surface area contributed by atoms with Crippen LogP contribution < -0.4 is 0 Å². The lowest BCUT2D eigenvalue weighted by atomic mass is 9.82. The average molecular weight is 416 g/mol. The van der Waals surface area contributed by atoms with Crippen LogP contribution in [0.4, 0.5) is 0 Å². The van der Waals surface area contributed by atoms with Crippen LogP contribution in [0.1, 0.15) is 63.3 Å². The van der Waals surface area contributed by atoms with E-state index in [9.17, 15) is 0 Å². The predicted octanol–water partition coefficient (Wildman–Crippen LogP) is 6.81. The summed E-state index contributed by atoms with van der Waals surface area (Å²) in [6, 6.07) is 15.8. The van der Waals surface area contributed by atoms with Crippen LogP contribution in [0.5, 0.6) is 0 Å². The summed E-state index contributed by atoms with van der Waals surface area (Å²) in [5, 5.41) is 0. The van der Waals surface area contributed by atoms with Crippen LogP contribution >= 0.6 is 22.6 Å². The van der Waals surface area contributed by atoms with Gasteiger partial charge in [0.05, 0.1) is 0 Å². The second-order valence-electron chi connectivity index (χ2n) is 8.08. The number of hydrogen-bond acceptors (Lipinski definition) is 0. The van der Waals surface area contributed by atoms with Crippen molar-refractivity contribution in [2.75, 3.05) is 0 Å². The summed E-state index contributed by atoms with van der Waals surface area (Å²) in [7, 11) is 0. The second kappa shape index (κ2) is 5.77. The number of rotatable bonds is 2. The Balaban J connectivity index is 2.01. The molecule has 23 heavy (non-hydrogen) atoms. The summed E-state index contributed by atoms with van der Waals surface area (Å²) >= 11 is 2.35. The third-order valence-corrected chi connectivity index (χ3v) is 5.79. The monoisotopic (exact) mass is 416 g/mol. The van der Waals surface area contributed by atoms with Crippen molar-refractivity contribution < 1.29 is 0 Å². The molecule has 0 heterocycles. The molecule has 0 radical (unpaired) electrons. The van der Waals surface area contributed by atoms with E-state index in [-0.39, 0.29) is 10.8 Å². The zero-order chi connectivity index (χ0) is 16.8. The summed E-state index contributed by atoms with van der Waals surface area (Å²) < 4.78 is 1.28. The van der Waals surface area contributed by atoms with Gasteiger partial charge >= 0.3 is 0 Å². The van der Waals surface area contributed by atoms with Crippen LogP contribution in [0.3, 0.4) is 0 Å². The van der Waals surface area contributed by atoms with Crippen molar-refractivity contribution in [2.45, 2.75) is 51.9 Å². The molecule has 120 valence electrons. The van der Waals surface area contributed by atoms with Gasteiger partial charge in [0.1, 0.15) is 0 Å². The van der Waals surface area contributed by atoms with Gasteiger partial charge in [0, 0.05) is 3.57 Å². The zero-order valence-electron chi connectivity index (χ0n) is 14.7. The van der Waals surface area contributed by atoms with Gasteiger partial charge in [-0.3, -0.25) is 0 Å². The maximum atomic E-state index is 2.42. The predicted molar refractivity (Wildman–Crippen MR) is 110 cm³/mol. The Morgan fingerprint density at radius 1 is 0.913 bits per heavy atom. The lowest BCUT2D eigenvalue weighted by molar-refractivity contribution is 0.403. The summed E-state index contributed by atoms with van der Waals surface area (Å²) in [4.78, 5) is 0. The van der Waals surface area contributed by atoms with E-state index in [0.29, 0.717) is 0 Å². The standard InChI is InChI=1S/C22H25I/c1-15(12-16-6-9-18(23)10-7-16)17-8-11-19-20(13-17)22(4,5)14-21(19,2)3/h6-13H,14H2,1-5H3/b15-12+. The second-order valence-corrected chi connectivity index (χ2v) is 9.33. The first-order valence-corrected chi connectivity index (χ1v) is 9.36. The van der Waals surface area contributed by atoms with Gasteiger partial charge in [-0.25, -0.2) is 0 Å². The van der Waals surface area contributed by atoms with Gasteiger partial charge in [-0.05, 0) is 86.7 Å². The largest absolute Gasteiger partial charge is 0.0576 e. The minimum absolute atomic E-state index is 0.262. The third kappa shape index (κ3) is 3.26. The normalized spacial score (nSPS) is 18.8. The van der Waals surface area contributed by atoms with Gasteiger partial charge in [0.25, 0.3) is 0 Å². The molecule has 3 rings (SSSR count). The van der Waals surface area contributed by atoms with Crippen molar-refractivity contribution >= 4 is 34.2 Å². The Kier molecular flexibility index (Phi) is 4.20. The molecular formula is C22H25I. The zero-order valence-corrected chi connectivity index (χ0v) is 16.9. The summed E-state index contributed by atoms with van der Waals surface area (Å²) in [5.74, 6) is 0. The highest BCUT2D eigenvalue weighted by Gasteiger charge is 2.41. The number of allylic oxidation sites excluding steroid dienone is 1. The quantitative estimate of drug-likeness (QED) is 0.373. The van der Waals surface area contributed by atoms with Gasteiger partial charge < -0.3 is 0 Å². The first kappa shape index (κ1) is 16.8. The van der Waals surface area contributed by atoms with E-state index in [1.165, 1.54) is 37.8 Å². The smallest absolute Gasteiger partial charge is 0.0130 e. The van der Waals surface area contributed by atoms with Crippen molar-refractivity contribution in [3.05, 3.63) is 68.3 Å². The summed E-state index contributed by atoms with van der Waals surface area (Å²) in [6.07, 6.45) is 3.50. The van der Waals surface area contributed by atoms with Crippen LogP contribution in [0.2, 0.25) is 0 Å². The Bertz CT molecular complexity index is 761. The molecule has 0 fully saturated rings. The number of halogens is 1. The van der Waals surface area contributed by atoms with Crippen molar-refractivity contribution in [1.29, 1.82) is 0 Å². The maximum absolute atomic E-state index is 2.42. The van der Waals surface area contributed by atoms with Crippen molar-refractivity contribution in [2.24, 2.45) is 0 Å². The number of hydrogen-bond donors (Lipinski definition) is 0. The Morgan fingerprint density at radius 3 is 2.17 bits per heavy atom. The maximum Gasteiger partial charge on any atom is 0.0130 e. The van der Waals surface area contributed by atoms with Gasteiger partial charge in [-0.15, -0.1) is 0 Å². The van der Waals surface area contributed by atoms with Crippen LogP contribution in [0.15, 0.2) is 42.5 Å². The fraction of sp³-hybridized carbons (Fsp3) is 0.364. The topological polar surface area (TPSA) is 0 Å². The van der Waals surface area contributed by atoms with Crippen LogP contribution in [-0.4, -0.2) is 0 Å². The van der Waals surface area contributed by atoms with Crippen LogP contribution in [0.25, 0.3) is 11.6 Å². The molecule has 0 amide bonds. The average Bonchev–Trinajstić information content (AvgIpc) is 2.66. The van der Waals surface area contributed by atoms with E-state index in [4.69, 9.17) is 0 Å². The summed E-state index contributed by atoms with van der Waals surface area (Å²) in [5.41, 5.74) is 7.53. The molecule has 0 spiro atoms. The fourth-order valence-corrected chi connectivity index (χ4v) is 4.49. The van der Waals surface area contributed by atoms with E-state index in [0.717, 1.165) is 0 Å². The first-order valence-electron chi connectivity index (χ1n) is 8.28. The van der Waals surface area contributed by atoms with Crippen molar-refractivity contribution in [3.63, 3.8) is 0 Å². The lowest BCUT2D eigenvalue weighted by Gasteiger charge is -2.22. The van der Waals surface area contributed by atoms with E-state index in [1.807, 2.05) is 0 Å². The molecule has 0 atom stereocenters. The Hall–Kier alpha value is -1.09. The number of benzene rings is 2. The molecule has 0 N–H and O–H groups in total. The van der Waals surface area contributed by atoms with Crippen molar-refractivity contribution in [1.82, 2.24) is 0 Å². The van der Waals surface area contributed by atoms with Gasteiger partial charge in [0.15, 0.2) is 0 Å². The van der Waals surface area contributed by atoms with E-state index in [1.54, 1.807) is 0 Å². The highest BCUT2D eigenvalue weighted by atomic mass is 127. The molecule has 2 aromatic carbocycles. The summed E-state index contributed by atoms with van der Waals surface area (Å²) in [6.45, 7) is 11.7. The van der Waals surface area contributed by atoms with Gasteiger partial charge in [0.2, 0.25) is 0 Å². The lowest BCUT2D eigenvalue weighted by Crippen LogP contribution is -2.17. The highest BCUT2D eigenvalue weighted by Crippen LogP contribution is 2.49. The molecule has 0 bridgehead atoms. The minimum Gasteiger partial charge on any atom is -0.0576 e. The van der Waals surface area contributed by atoms with Crippen LogP contribution in [0, 0.1) is 3.57 Å². The van der Waals surface area contributed by atoms with E-state index in [2.05, 4.69) is 106 Å².